The lowest BCUT2D eigenvalue weighted by Gasteiger charge is -2.25. The van der Waals surface area contributed by atoms with Crippen molar-refractivity contribution in [3.8, 4) is 5.75 Å². The highest BCUT2D eigenvalue weighted by molar-refractivity contribution is 7.99. The minimum Gasteiger partial charge on any atom is -0.496 e. The number of aliphatic imine (C=N–C) groups is 1. The largest absolute Gasteiger partial charge is 0.496 e. The van der Waals surface area contributed by atoms with E-state index >= 15 is 0 Å². The van der Waals surface area contributed by atoms with Gasteiger partial charge in [0, 0.05) is 23.9 Å². The van der Waals surface area contributed by atoms with E-state index in [9.17, 15) is 0 Å². The quantitative estimate of drug-likeness (QED) is 0.622. The van der Waals surface area contributed by atoms with Gasteiger partial charge in [0.1, 0.15) is 5.75 Å². The molecule has 0 aliphatic carbocycles. The van der Waals surface area contributed by atoms with E-state index in [1.54, 1.807) is 14.2 Å². The van der Waals surface area contributed by atoms with Crippen molar-refractivity contribution in [2.45, 2.75) is 38.5 Å². The van der Waals surface area contributed by atoms with E-state index in [1.807, 2.05) is 17.8 Å². The fourth-order valence-electron chi connectivity index (χ4n) is 2.04. The Morgan fingerprint density at radius 2 is 2.09 bits per heavy atom. The van der Waals surface area contributed by atoms with Crippen LogP contribution in [-0.4, -0.2) is 37.7 Å². The number of hydrogen-bond donors (Lipinski definition) is 2. The summed E-state index contributed by atoms with van der Waals surface area (Å²) >= 11 is 1.84. The number of guanidine groups is 1. The standard InChI is InChI=1S/C17H29N3OS/c1-12-8-9-15(21-6)14(10-12)13(2)20-16(18-5)19-11-17(3,4)22-7/h8-10,13H,11H2,1-7H3,(H2,18,19,20). The average Bonchev–Trinajstić information content (AvgIpc) is 2.51. The van der Waals surface area contributed by atoms with Crippen LogP contribution in [0, 0.1) is 6.92 Å². The molecule has 0 aliphatic heterocycles. The lowest BCUT2D eigenvalue weighted by Crippen LogP contribution is -2.44. The van der Waals surface area contributed by atoms with E-state index < -0.39 is 0 Å². The number of thioether (sulfide) groups is 1. The number of nitrogens with one attached hydrogen (secondary N) is 2. The molecule has 0 saturated heterocycles. The van der Waals surface area contributed by atoms with Crippen molar-refractivity contribution in [2.24, 2.45) is 4.99 Å². The molecular formula is C17H29N3OS. The van der Waals surface area contributed by atoms with E-state index in [1.165, 1.54) is 5.56 Å². The predicted octanol–water partition coefficient (Wildman–Crippen LogP) is 3.37. The minimum absolute atomic E-state index is 0.110. The number of nitrogens with zero attached hydrogens (tertiary/aromatic N) is 1. The molecule has 0 spiro atoms. The summed E-state index contributed by atoms with van der Waals surface area (Å²) in [6.45, 7) is 9.48. The monoisotopic (exact) mass is 323 g/mol. The number of benzene rings is 1. The van der Waals surface area contributed by atoms with Gasteiger partial charge in [-0.3, -0.25) is 4.99 Å². The molecule has 0 bridgehead atoms. The molecule has 0 heterocycles. The van der Waals surface area contributed by atoms with Gasteiger partial charge in [0.25, 0.3) is 0 Å². The number of hydrogen-bond acceptors (Lipinski definition) is 3. The van der Waals surface area contributed by atoms with Crippen LogP contribution < -0.4 is 15.4 Å². The molecule has 0 aromatic heterocycles. The molecule has 1 aromatic rings. The Bertz CT molecular complexity index is 515. The molecule has 124 valence electrons. The summed E-state index contributed by atoms with van der Waals surface area (Å²) in [6.07, 6.45) is 2.12. The molecule has 5 heteroatoms. The maximum Gasteiger partial charge on any atom is 0.191 e. The van der Waals surface area contributed by atoms with E-state index in [0.29, 0.717) is 0 Å². The molecule has 22 heavy (non-hydrogen) atoms. The van der Waals surface area contributed by atoms with Crippen molar-refractivity contribution < 1.29 is 4.74 Å². The molecule has 1 atom stereocenters. The highest BCUT2D eigenvalue weighted by Crippen LogP contribution is 2.26. The van der Waals surface area contributed by atoms with Gasteiger partial charge in [0.05, 0.1) is 13.2 Å². The van der Waals surface area contributed by atoms with E-state index in [0.717, 1.165) is 23.8 Å². The van der Waals surface area contributed by atoms with Crippen LogP contribution in [0.4, 0.5) is 0 Å². The van der Waals surface area contributed by atoms with Gasteiger partial charge in [-0.2, -0.15) is 11.8 Å². The van der Waals surface area contributed by atoms with E-state index in [4.69, 9.17) is 4.74 Å². The average molecular weight is 324 g/mol. The Labute approximate surface area is 139 Å². The first kappa shape index (κ1) is 18.7. The van der Waals surface area contributed by atoms with Crippen LogP contribution in [-0.2, 0) is 0 Å². The summed E-state index contributed by atoms with van der Waals surface area (Å²) in [4.78, 5) is 4.31. The zero-order valence-corrected chi connectivity index (χ0v) is 15.6. The van der Waals surface area contributed by atoms with Gasteiger partial charge in [-0.1, -0.05) is 17.7 Å². The van der Waals surface area contributed by atoms with Gasteiger partial charge < -0.3 is 15.4 Å². The topological polar surface area (TPSA) is 45.7 Å². The molecule has 4 nitrogen and oxygen atoms in total. The van der Waals surface area contributed by atoms with Gasteiger partial charge in [-0.05, 0) is 40.0 Å². The van der Waals surface area contributed by atoms with Gasteiger partial charge in [0.2, 0.25) is 0 Å². The maximum atomic E-state index is 5.46. The molecule has 0 fully saturated rings. The van der Waals surface area contributed by atoms with Crippen molar-refractivity contribution in [1.82, 2.24) is 10.6 Å². The minimum atomic E-state index is 0.110. The third-order valence-corrected chi connectivity index (χ3v) is 4.91. The number of methoxy groups -OCH3 is 1. The summed E-state index contributed by atoms with van der Waals surface area (Å²) in [6, 6.07) is 6.33. The number of rotatable bonds is 6. The first-order chi connectivity index (χ1) is 10.3. The highest BCUT2D eigenvalue weighted by atomic mass is 32.2. The number of ether oxygens (including phenoxy) is 1. The van der Waals surface area contributed by atoms with Crippen LogP contribution in [0.25, 0.3) is 0 Å². The van der Waals surface area contributed by atoms with Crippen LogP contribution in [0.5, 0.6) is 5.75 Å². The van der Waals surface area contributed by atoms with Crippen molar-refractivity contribution in [3.63, 3.8) is 0 Å². The highest BCUT2D eigenvalue weighted by Gasteiger charge is 2.18. The second kappa shape index (κ2) is 8.32. The van der Waals surface area contributed by atoms with Crippen LogP contribution in [0.2, 0.25) is 0 Å². The normalized spacial score (nSPS) is 13.7. The molecule has 2 N–H and O–H groups in total. The summed E-state index contributed by atoms with van der Waals surface area (Å²) in [5.41, 5.74) is 2.35. The molecule has 0 aliphatic rings. The second-order valence-electron chi connectivity index (χ2n) is 6.00. The Balaban J connectivity index is 2.77. The Morgan fingerprint density at radius 1 is 1.41 bits per heavy atom. The van der Waals surface area contributed by atoms with Gasteiger partial charge in [0.15, 0.2) is 5.96 Å². The zero-order chi connectivity index (χ0) is 16.8. The van der Waals surface area contributed by atoms with Crippen LogP contribution in [0.1, 0.15) is 37.9 Å². The van der Waals surface area contributed by atoms with Crippen molar-refractivity contribution >= 4 is 17.7 Å². The van der Waals surface area contributed by atoms with Gasteiger partial charge in [-0.15, -0.1) is 0 Å². The second-order valence-corrected chi connectivity index (χ2v) is 7.51. The zero-order valence-electron chi connectivity index (χ0n) is 14.8. The van der Waals surface area contributed by atoms with Gasteiger partial charge >= 0.3 is 0 Å². The third-order valence-electron chi connectivity index (χ3n) is 3.66. The van der Waals surface area contributed by atoms with E-state index in [-0.39, 0.29) is 10.8 Å². The van der Waals surface area contributed by atoms with Crippen molar-refractivity contribution in [3.05, 3.63) is 29.3 Å². The van der Waals surface area contributed by atoms with Crippen molar-refractivity contribution in [1.29, 1.82) is 0 Å². The van der Waals surface area contributed by atoms with Crippen molar-refractivity contribution in [2.75, 3.05) is 27.0 Å². The fourth-order valence-corrected chi connectivity index (χ4v) is 2.25. The summed E-state index contributed by atoms with van der Waals surface area (Å²) in [5, 5.41) is 6.82. The van der Waals surface area contributed by atoms with Crippen LogP contribution >= 0.6 is 11.8 Å². The Hall–Kier alpha value is -1.36. The number of aryl methyl sites for hydroxylation is 1. The Morgan fingerprint density at radius 3 is 2.64 bits per heavy atom. The molecule has 0 amide bonds. The summed E-state index contributed by atoms with van der Waals surface area (Å²) in [7, 11) is 3.50. The SMILES string of the molecule is CN=C(NCC(C)(C)SC)NC(C)c1cc(C)ccc1OC. The molecule has 0 radical (unpaired) electrons. The first-order valence-corrected chi connectivity index (χ1v) is 8.72. The summed E-state index contributed by atoms with van der Waals surface area (Å²) in [5.74, 6) is 1.70. The van der Waals surface area contributed by atoms with E-state index in [2.05, 4.69) is 61.7 Å². The molecule has 1 aromatic carbocycles. The molecular weight excluding hydrogens is 294 g/mol. The molecule has 1 rings (SSSR count). The molecule has 0 saturated carbocycles. The summed E-state index contributed by atoms with van der Waals surface area (Å²) < 4.78 is 5.63. The first-order valence-electron chi connectivity index (χ1n) is 7.50. The van der Waals surface area contributed by atoms with Crippen LogP contribution in [0.15, 0.2) is 23.2 Å². The Kier molecular flexibility index (Phi) is 7.07. The predicted molar refractivity (Wildman–Crippen MR) is 98.2 cm³/mol. The third kappa shape index (κ3) is 5.44. The fraction of sp³-hybridized carbons (Fsp3) is 0.588. The van der Waals surface area contributed by atoms with Crippen LogP contribution in [0.3, 0.4) is 0 Å². The smallest absolute Gasteiger partial charge is 0.191 e. The lowest BCUT2D eigenvalue weighted by molar-refractivity contribution is 0.405. The maximum absolute atomic E-state index is 5.46. The molecule has 1 unspecified atom stereocenters. The lowest BCUT2D eigenvalue weighted by atomic mass is 10.0. The van der Waals surface area contributed by atoms with Gasteiger partial charge in [-0.25, -0.2) is 0 Å².